The first-order valence-electron chi connectivity index (χ1n) is 6.86. The highest BCUT2D eigenvalue weighted by atomic mass is 32.2. The lowest BCUT2D eigenvalue weighted by molar-refractivity contribution is -0.137. The Morgan fingerprint density at radius 3 is 2.35 bits per heavy atom. The molecule has 1 aromatic rings. The lowest BCUT2D eigenvalue weighted by Gasteiger charge is -2.20. The van der Waals surface area contributed by atoms with Crippen LogP contribution in [-0.4, -0.2) is 49.1 Å². The zero-order valence-corrected chi connectivity index (χ0v) is 13.6. The lowest BCUT2D eigenvalue weighted by atomic mass is 10.0. The van der Waals surface area contributed by atoms with Crippen LogP contribution in [0.1, 0.15) is 24.9 Å². The number of carboxylic acid groups (broad SMARTS) is 1. The van der Waals surface area contributed by atoms with Gasteiger partial charge < -0.3 is 10.4 Å². The molecule has 2 N–H and O–H groups in total. The van der Waals surface area contributed by atoms with Crippen molar-refractivity contribution in [2.75, 3.05) is 19.3 Å². The number of carboxylic acids is 1. The highest BCUT2D eigenvalue weighted by Crippen LogP contribution is 2.17. The van der Waals surface area contributed by atoms with E-state index in [0.717, 1.165) is 16.4 Å². The predicted octanol–water partition coefficient (Wildman–Crippen LogP) is 0.739. The molecular weight excluding hydrogens is 327 g/mol. The van der Waals surface area contributed by atoms with Gasteiger partial charge in [-0.2, -0.15) is 4.31 Å². The van der Waals surface area contributed by atoms with Crippen molar-refractivity contribution in [1.82, 2.24) is 9.62 Å². The number of amides is 1. The molecule has 0 saturated carbocycles. The van der Waals surface area contributed by atoms with Gasteiger partial charge >= 0.3 is 5.97 Å². The molecule has 1 rings (SSSR count). The zero-order valence-electron chi connectivity index (χ0n) is 12.8. The average Bonchev–Trinajstić information content (AvgIpc) is 2.46. The summed E-state index contributed by atoms with van der Waals surface area (Å²) >= 11 is 0. The highest BCUT2D eigenvalue weighted by Gasteiger charge is 2.22. The Bertz CT molecular complexity index is 660. The minimum Gasteiger partial charge on any atom is -0.481 e. The van der Waals surface area contributed by atoms with Crippen LogP contribution in [-0.2, 0) is 19.6 Å². The van der Waals surface area contributed by atoms with Gasteiger partial charge in [0.1, 0.15) is 5.82 Å². The molecule has 1 atom stereocenters. The number of nitrogens with zero attached hydrogens (tertiary/aromatic N) is 1. The number of likely N-dealkylation sites (N-methyl/N-ethyl adjacent to an activating group) is 1. The summed E-state index contributed by atoms with van der Waals surface area (Å²) in [5, 5.41) is 11.4. The van der Waals surface area contributed by atoms with Gasteiger partial charge in [0.25, 0.3) is 0 Å². The van der Waals surface area contributed by atoms with E-state index in [1.165, 1.54) is 26.1 Å². The predicted molar refractivity (Wildman–Crippen MR) is 81.6 cm³/mol. The molecule has 0 heterocycles. The van der Waals surface area contributed by atoms with Gasteiger partial charge in [-0.15, -0.1) is 0 Å². The summed E-state index contributed by atoms with van der Waals surface area (Å²) in [7, 11) is -2.25. The molecule has 1 amide bonds. The molecule has 0 saturated heterocycles. The van der Waals surface area contributed by atoms with E-state index in [2.05, 4.69) is 5.32 Å². The van der Waals surface area contributed by atoms with Gasteiger partial charge in [0, 0.05) is 7.05 Å². The zero-order chi connectivity index (χ0) is 17.6. The minimum absolute atomic E-state index is 0.146. The molecule has 0 aliphatic rings. The number of rotatable bonds is 8. The van der Waals surface area contributed by atoms with Crippen molar-refractivity contribution in [1.29, 1.82) is 0 Å². The Morgan fingerprint density at radius 2 is 1.87 bits per heavy atom. The van der Waals surface area contributed by atoms with E-state index >= 15 is 0 Å². The van der Waals surface area contributed by atoms with Gasteiger partial charge in [0.05, 0.1) is 24.8 Å². The number of aliphatic carboxylic acids is 1. The van der Waals surface area contributed by atoms with Gasteiger partial charge in [-0.3, -0.25) is 9.59 Å². The van der Waals surface area contributed by atoms with E-state index in [0.29, 0.717) is 5.56 Å². The highest BCUT2D eigenvalue weighted by molar-refractivity contribution is 7.89. The molecular formula is C14H19FN2O5S. The van der Waals surface area contributed by atoms with Crippen LogP contribution in [0.5, 0.6) is 0 Å². The average molecular weight is 346 g/mol. The summed E-state index contributed by atoms with van der Waals surface area (Å²) in [6.45, 7) is 1.03. The van der Waals surface area contributed by atoms with Crippen molar-refractivity contribution in [2.24, 2.45) is 0 Å². The van der Waals surface area contributed by atoms with E-state index in [1.807, 2.05) is 0 Å². The first kappa shape index (κ1) is 19.0. The lowest BCUT2D eigenvalue weighted by Crippen LogP contribution is -2.40. The number of halogens is 1. The first-order valence-corrected chi connectivity index (χ1v) is 8.47. The summed E-state index contributed by atoms with van der Waals surface area (Å²) in [6.07, 6.45) is -0.401. The van der Waals surface area contributed by atoms with Crippen LogP contribution in [0.2, 0.25) is 0 Å². The second-order valence-electron chi connectivity index (χ2n) is 4.93. The standard InChI is InChI=1S/C14H19FN2O5S/c1-3-23(21,22)17(2)9-13(18)16-12(8-14(19)20)10-4-6-11(15)7-5-10/h4-7,12H,3,8-9H2,1-2H3,(H,16,18)(H,19,20). The molecule has 0 aliphatic heterocycles. The normalized spacial score (nSPS) is 12.9. The first-order chi connectivity index (χ1) is 10.7. The fourth-order valence-electron chi connectivity index (χ4n) is 1.88. The van der Waals surface area contributed by atoms with Gasteiger partial charge in [-0.25, -0.2) is 12.8 Å². The number of hydrogen-bond acceptors (Lipinski definition) is 4. The number of sulfonamides is 1. The summed E-state index contributed by atoms with van der Waals surface area (Å²) in [5.74, 6) is -2.41. The summed E-state index contributed by atoms with van der Waals surface area (Å²) in [4.78, 5) is 22.9. The smallest absolute Gasteiger partial charge is 0.305 e. The largest absolute Gasteiger partial charge is 0.481 e. The van der Waals surface area contributed by atoms with Crippen molar-refractivity contribution in [3.05, 3.63) is 35.6 Å². The molecule has 0 aliphatic carbocycles. The van der Waals surface area contributed by atoms with Crippen LogP contribution in [0.4, 0.5) is 4.39 Å². The van der Waals surface area contributed by atoms with Crippen molar-refractivity contribution < 1.29 is 27.5 Å². The third kappa shape index (κ3) is 5.95. The number of carbonyl (C=O) groups excluding carboxylic acids is 1. The molecule has 0 radical (unpaired) electrons. The quantitative estimate of drug-likeness (QED) is 0.722. The molecule has 23 heavy (non-hydrogen) atoms. The second kappa shape index (κ2) is 8.02. The number of nitrogens with one attached hydrogen (secondary N) is 1. The molecule has 1 unspecified atom stereocenters. The molecule has 1 aromatic carbocycles. The molecule has 0 bridgehead atoms. The monoisotopic (exact) mass is 346 g/mol. The fraction of sp³-hybridized carbons (Fsp3) is 0.429. The number of hydrogen-bond donors (Lipinski definition) is 2. The van der Waals surface area contributed by atoms with Gasteiger partial charge in [0.2, 0.25) is 15.9 Å². The molecule has 0 spiro atoms. The molecule has 7 nitrogen and oxygen atoms in total. The number of carbonyl (C=O) groups is 2. The van der Waals surface area contributed by atoms with Crippen LogP contribution in [0.15, 0.2) is 24.3 Å². The molecule has 0 fully saturated rings. The number of benzene rings is 1. The second-order valence-corrected chi connectivity index (χ2v) is 7.29. The molecule has 0 aromatic heterocycles. The van der Waals surface area contributed by atoms with Crippen molar-refractivity contribution in [3.63, 3.8) is 0 Å². The van der Waals surface area contributed by atoms with E-state index in [4.69, 9.17) is 5.11 Å². The third-order valence-corrected chi connectivity index (χ3v) is 5.00. The maximum Gasteiger partial charge on any atom is 0.305 e. The summed E-state index contributed by atoms with van der Waals surface area (Å²) in [6, 6.07) is 4.18. The van der Waals surface area contributed by atoms with Crippen LogP contribution >= 0.6 is 0 Å². The van der Waals surface area contributed by atoms with E-state index in [-0.39, 0.29) is 5.75 Å². The maximum atomic E-state index is 12.9. The Kier molecular flexibility index (Phi) is 6.64. The SMILES string of the molecule is CCS(=O)(=O)N(C)CC(=O)NC(CC(=O)O)c1ccc(F)cc1. The fourth-order valence-corrected chi connectivity index (χ4v) is 2.64. The Morgan fingerprint density at radius 1 is 1.30 bits per heavy atom. The van der Waals surface area contributed by atoms with Gasteiger partial charge in [-0.1, -0.05) is 12.1 Å². The third-order valence-electron chi connectivity index (χ3n) is 3.19. The Hall–Kier alpha value is -2.00. The van der Waals surface area contributed by atoms with Gasteiger partial charge in [0.15, 0.2) is 0 Å². The van der Waals surface area contributed by atoms with Crippen LogP contribution < -0.4 is 5.32 Å². The van der Waals surface area contributed by atoms with Crippen LogP contribution in [0.3, 0.4) is 0 Å². The maximum absolute atomic E-state index is 12.9. The van der Waals surface area contributed by atoms with Crippen molar-refractivity contribution in [3.8, 4) is 0 Å². The van der Waals surface area contributed by atoms with Crippen molar-refractivity contribution in [2.45, 2.75) is 19.4 Å². The van der Waals surface area contributed by atoms with E-state index in [1.54, 1.807) is 0 Å². The van der Waals surface area contributed by atoms with Crippen LogP contribution in [0, 0.1) is 5.82 Å². The van der Waals surface area contributed by atoms with Gasteiger partial charge in [-0.05, 0) is 24.6 Å². The molecule has 128 valence electrons. The summed E-state index contributed by atoms with van der Waals surface area (Å²) in [5.41, 5.74) is 0.420. The topological polar surface area (TPSA) is 104 Å². The van der Waals surface area contributed by atoms with Crippen LogP contribution in [0.25, 0.3) is 0 Å². The Labute approximate surface area is 134 Å². The molecule has 9 heteroatoms. The van der Waals surface area contributed by atoms with E-state index < -0.39 is 46.7 Å². The van der Waals surface area contributed by atoms with E-state index in [9.17, 15) is 22.4 Å². The Balaban J connectivity index is 2.83. The minimum atomic E-state index is -3.52. The summed E-state index contributed by atoms with van der Waals surface area (Å²) < 4.78 is 37.1. The van der Waals surface area contributed by atoms with Crippen molar-refractivity contribution >= 4 is 21.9 Å².